The lowest BCUT2D eigenvalue weighted by Crippen LogP contribution is -2.26. The summed E-state index contributed by atoms with van der Waals surface area (Å²) in [5, 5.41) is 3.11. The van der Waals surface area contributed by atoms with Crippen molar-refractivity contribution in [2.45, 2.75) is 25.6 Å². The molecule has 0 bridgehead atoms. The Bertz CT molecular complexity index is 570. The molecule has 0 spiro atoms. The van der Waals surface area contributed by atoms with E-state index in [1.165, 1.54) is 30.7 Å². The molecule has 6 heteroatoms. The van der Waals surface area contributed by atoms with Crippen LogP contribution in [0.3, 0.4) is 0 Å². The molecule has 0 fully saturated rings. The second-order valence-electron chi connectivity index (χ2n) is 4.60. The van der Waals surface area contributed by atoms with E-state index in [0.29, 0.717) is 12.2 Å². The number of hydrogen-bond donors (Lipinski definition) is 1. The Balaban J connectivity index is 2.47. The summed E-state index contributed by atoms with van der Waals surface area (Å²) in [6.45, 7) is 2.55. The van der Waals surface area contributed by atoms with Gasteiger partial charge < -0.3 is 5.32 Å². The molecule has 0 aliphatic carbocycles. The zero-order chi connectivity index (χ0) is 15.3. The van der Waals surface area contributed by atoms with Crippen LogP contribution in [0.4, 0.5) is 13.2 Å². The number of aromatic nitrogens is 2. The summed E-state index contributed by atoms with van der Waals surface area (Å²) in [5.74, 6) is 0. The van der Waals surface area contributed by atoms with Crippen LogP contribution in [0.2, 0.25) is 0 Å². The molecule has 1 aromatic heterocycles. The third-order valence-corrected chi connectivity index (χ3v) is 3.05. The second kappa shape index (κ2) is 6.67. The first-order chi connectivity index (χ1) is 10.0. The van der Waals surface area contributed by atoms with Gasteiger partial charge in [0.05, 0.1) is 23.5 Å². The highest BCUT2D eigenvalue weighted by Crippen LogP contribution is 2.35. The van der Waals surface area contributed by atoms with Crippen molar-refractivity contribution in [1.29, 1.82) is 0 Å². The zero-order valence-corrected chi connectivity index (χ0v) is 11.6. The van der Waals surface area contributed by atoms with E-state index >= 15 is 0 Å². The Morgan fingerprint density at radius 1 is 1.19 bits per heavy atom. The lowest BCUT2D eigenvalue weighted by molar-refractivity contribution is -0.138. The van der Waals surface area contributed by atoms with Crippen molar-refractivity contribution in [2.24, 2.45) is 0 Å². The predicted molar refractivity (Wildman–Crippen MR) is 73.6 cm³/mol. The molecule has 0 radical (unpaired) electrons. The van der Waals surface area contributed by atoms with Crippen LogP contribution >= 0.6 is 0 Å². The summed E-state index contributed by atoms with van der Waals surface area (Å²) in [6.07, 6.45) is 0.874. The van der Waals surface area contributed by atoms with Crippen LogP contribution in [0.25, 0.3) is 0 Å². The molecule has 112 valence electrons. The molecular weight excluding hydrogens is 279 g/mol. The van der Waals surface area contributed by atoms with Gasteiger partial charge in [-0.15, -0.1) is 0 Å². The average molecular weight is 295 g/mol. The average Bonchev–Trinajstić information content (AvgIpc) is 2.48. The van der Waals surface area contributed by atoms with Gasteiger partial charge in [-0.2, -0.15) is 13.2 Å². The Hall–Kier alpha value is -1.95. The van der Waals surface area contributed by atoms with Gasteiger partial charge in [-0.3, -0.25) is 9.97 Å². The summed E-state index contributed by atoms with van der Waals surface area (Å²) in [7, 11) is 0. The van der Waals surface area contributed by atoms with Gasteiger partial charge in [0, 0.05) is 12.4 Å². The van der Waals surface area contributed by atoms with Crippen molar-refractivity contribution in [2.75, 3.05) is 6.54 Å². The van der Waals surface area contributed by atoms with Gasteiger partial charge in [0.1, 0.15) is 0 Å². The van der Waals surface area contributed by atoms with E-state index in [1.54, 1.807) is 6.07 Å². The van der Waals surface area contributed by atoms with Crippen LogP contribution in [-0.4, -0.2) is 16.5 Å². The van der Waals surface area contributed by atoms with Crippen LogP contribution in [-0.2, 0) is 6.18 Å². The first-order valence-corrected chi connectivity index (χ1v) is 6.69. The van der Waals surface area contributed by atoms with Crippen LogP contribution in [0.5, 0.6) is 0 Å². The van der Waals surface area contributed by atoms with E-state index in [-0.39, 0.29) is 5.56 Å². The predicted octanol–water partition coefficient (Wildman–Crippen LogP) is 3.58. The van der Waals surface area contributed by atoms with Crippen molar-refractivity contribution in [3.8, 4) is 0 Å². The molecule has 0 saturated carbocycles. The summed E-state index contributed by atoms with van der Waals surface area (Å²) in [6, 6.07) is 4.93. The molecule has 1 N–H and O–H groups in total. The topological polar surface area (TPSA) is 37.8 Å². The highest BCUT2D eigenvalue weighted by Gasteiger charge is 2.35. The van der Waals surface area contributed by atoms with Crippen LogP contribution in [0, 0.1) is 0 Å². The molecule has 2 aromatic rings. The summed E-state index contributed by atoms with van der Waals surface area (Å²) in [4.78, 5) is 8.09. The molecule has 0 aliphatic rings. The van der Waals surface area contributed by atoms with Gasteiger partial charge in [-0.1, -0.05) is 25.1 Å². The molecule has 21 heavy (non-hydrogen) atoms. The summed E-state index contributed by atoms with van der Waals surface area (Å²) >= 11 is 0. The van der Waals surface area contributed by atoms with E-state index in [0.717, 1.165) is 12.5 Å². The SMILES string of the molecule is CCCNC(c1cnccn1)c1ccccc1C(F)(F)F. The first kappa shape index (κ1) is 15.4. The molecule has 1 atom stereocenters. The Morgan fingerprint density at radius 2 is 1.95 bits per heavy atom. The standard InChI is InChI=1S/C15H16F3N3/c1-2-7-21-14(13-10-19-8-9-20-13)11-5-3-4-6-12(11)15(16,17)18/h3-6,8-10,14,21H,2,7H2,1H3. The third-order valence-electron chi connectivity index (χ3n) is 3.05. The Morgan fingerprint density at radius 3 is 2.57 bits per heavy atom. The summed E-state index contributed by atoms with van der Waals surface area (Å²) in [5.41, 5.74) is -0.00847. The molecule has 1 unspecified atom stereocenters. The zero-order valence-electron chi connectivity index (χ0n) is 11.6. The van der Waals surface area contributed by atoms with E-state index in [4.69, 9.17) is 0 Å². The van der Waals surface area contributed by atoms with Gasteiger partial charge in [0.2, 0.25) is 0 Å². The van der Waals surface area contributed by atoms with E-state index < -0.39 is 17.8 Å². The van der Waals surface area contributed by atoms with E-state index in [1.807, 2.05) is 6.92 Å². The largest absolute Gasteiger partial charge is 0.416 e. The number of nitrogens with one attached hydrogen (secondary N) is 1. The minimum Gasteiger partial charge on any atom is -0.305 e. The number of hydrogen-bond acceptors (Lipinski definition) is 3. The fourth-order valence-corrected chi connectivity index (χ4v) is 2.13. The van der Waals surface area contributed by atoms with E-state index in [9.17, 15) is 13.2 Å². The highest BCUT2D eigenvalue weighted by atomic mass is 19.4. The first-order valence-electron chi connectivity index (χ1n) is 6.69. The fraction of sp³-hybridized carbons (Fsp3) is 0.333. The second-order valence-corrected chi connectivity index (χ2v) is 4.60. The molecule has 0 aliphatic heterocycles. The van der Waals surface area contributed by atoms with Crippen molar-refractivity contribution in [3.05, 3.63) is 59.7 Å². The van der Waals surface area contributed by atoms with Crippen LogP contribution < -0.4 is 5.32 Å². The molecule has 1 aromatic carbocycles. The van der Waals surface area contributed by atoms with Gasteiger partial charge >= 0.3 is 6.18 Å². The van der Waals surface area contributed by atoms with Crippen LogP contribution in [0.15, 0.2) is 42.9 Å². The maximum atomic E-state index is 13.2. The maximum Gasteiger partial charge on any atom is 0.416 e. The van der Waals surface area contributed by atoms with Crippen molar-refractivity contribution < 1.29 is 13.2 Å². The molecule has 0 saturated heterocycles. The highest BCUT2D eigenvalue weighted by molar-refractivity contribution is 5.36. The molecule has 2 rings (SSSR count). The Kier molecular flexibility index (Phi) is 4.90. The van der Waals surface area contributed by atoms with Gasteiger partial charge in [0.25, 0.3) is 0 Å². The normalized spacial score (nSPS) is 13.1. The third kappa shape index (κ3) is 3.78. The van der Waals surface area contributed by atoms with Gasteiger partial charge in [0.15, 0.2) is 0 Å². The molecule has 1 heterocycles. The lowest BCUT2D eigenvalue weighted by Gasteiger charge is -2.22. The molecule has 0 amide bonds. The number of halogens is 3. The van der Waals surface area contributed by atoms with Crippen molar-refractivity contribution in [3.63, 3.8) is 0 Å². The molecule has 3 nitrogen and oxygen atoms in total. The Labute approximate surface area is 121 Å². The summed E-state index contributed by atoms with van der Waals surface area (Å²) < 4.78 is 39.5. The smallest absolute Gasteiger partial charge is 0.305 e. The number of alkyl halides is 3. The number of nitrogens with zero attached hydrogens (tertiary/aromatic N) is 2. The number of benzene rings is 1. The van der Waals surface area contributed by atoms with Gasteiger partial charge in [-0.05, 0) is 24.6 Å². The number of rotatable bonds is 5. The lowest BCUT2D eigenvalue weighted by atomic mass is 9.97. The van der Waals surface area contributed by atoms with Crippen molar-refractivity contribution in [1.82, 2.24) is 15.3 Å². The quantitative estimate of drug-likeness (QED) is 0.916. The van der Waals surface area contributed by atoms with Crippen LogP contribution in [0.1, 0.15) is 36.2 Å². The molecular formula is C15H16F3N3. The van der Waals surface area contributed by atoms with E-state index in [2.05, 4.69) is 15.3 Å². The minimum atomic E-state index is -4.40. The monoisotopic (exact) mass is 295 g/mol. The van der Waals surface area contributed by atoms with Crippen molar-refractivity contribution >= 4 is 0 Å². The fourth-order valence-electron chi connectivity index (χ4n) is 2.13. The minimum absolute atomic E-state index is 0.166. The van der Waals surface area contributed by atoms with Gasteiger partial charge in [-0.25, -0.2) is 0 Å². The maximum absolute atomic E-state index is 13.2.